The monoisotopic (exact) mass is 217 g/mol. The van der Waals surface area contributed by atoms with E-state index in [1.54, 1.807) is 19.1 Å². The van der Waals surface area contributed by atoms with Crippen molar-refractivity contribution in [3.05, 3.63) is 29.8 Å². The highest BCUT2D eigenvalue weighted by molar-refractivity contribution is 5.74. The summed E-state index contributed by atoms with van der Waals surface area (Å²) >= 11 is 0. The van der Waals surface area contributed by atoms with Gasteiger partial charge in [0.1, 0.15) is 5.75 Å². The van der Waals surface area contributed by atoms with Crippen LogP contribution in [0.2, 0.25) is 0 Å². The Morgan fingerprint density at radius 3 is 2.69 bits per heavy atom. The number of nitrogens with zero attached hydrogens (tertiary/aromatic N) is 1. The van der Waals surface area contributed by atoms with Crippen molar-refractivity contribution in [3.8, 4) is 5.75 Å². The van der Waals surface area contributed by atoms with Crippen LogP contribution in [-0.4, -0.2) is 29.0 Å². The molecule has 1 aliphatic heterocycles. The molecule has 2 atom stereocenters. The molecule has 2 aliphatic rings. The van der Waals surface area contributed by atoms with Gasteiger partial charge in [-0.3, -0.25) is 4.79 Å². The third-order valence-corrected chi connectivity index (χ3v) is 4.03. The summed E-state index contributed by atoms with van der Waals surface area (Å²) in [5.74, 6) is 1.10. The van der Waals surface area contributed by atoms with E-state index >= 15 is 0 Å². The summed E-state index contributed by atoms with van der Waals surface area (Å²) in [6.07, 6.45) is 1.18. The molecule has 1 saturated heterocycles. The Balaban J connectivity index is 1.87. The largest absolute Gasteiger partial charge is 0.508 e. The summed E-state index contributed by atoms with van der Waals surface area (Å²) in [5.41, 5.74) is 1.46. The van der Waals surface area contributed by atoms with Gasteiger partial charge in [0.25, 0.3) is 0 Å². The summed E-state index contributed by atoms with van der Waals surface area (Å²) in [6.45, 7) is 3.38. The second-order valence-electron chi connectivity index (χ2n) is 5.00. The first-order valence-corrected chi connectivity index (χ1v) is 5.67. The first-order valence-electron chi connectivity index (χ1n) is 5.67. The van der Waals surface area contributed by atoms with Crippen LogP contribution in [0.15, 0.2) is 24.3 Å². The molecule has 1 amide bonds. The SMILES string of the molecule is CC(=O)N1CC2CC2(c2ccc(O)cc2)C1. The predicted molar refractivity (Wildman–Crippen MR) is 60.1 cm³/mol. The molecule has 1 aromatic rings. The maximum atomic E-state index is 11.3. The van der Waals surface area contributed by atoms with Crippen molar-refractivity contribution in [2.24, 2.45) is 5.92 Å². The van der Waals surface area contributed by atoms with Gasteiger partial charge in [0.15, 0.2) is 0 Å². The Morgan fingerprint density at radius 2 is 2.12 bits per heavy atom. The van der Waals surface area contributed by atoms with E-state index in [1.165, 1.54) is 12.0 Å². The molecule has 16 heavy (non-hydrogen) atoms. The quantitative estimate of drug-likeness (QED) is 0.774. The number of phenols is 1. The summed E-state index contributed by atoms with van der Waals surface area (Å²) < 4.78 is 0. The van der Waals surface area contributed by atoms with Crippen molar-refractivity contribution in [2.45, 2.75) is 18.8 Å². The number of phenolic OH excluding ortho intramolecular Hbond substituents is 1. The van der Waals surface area contributed by atoms with Crippen molar-refractivity contribution in [3.63, 3.8) is 0 Å². The lowest BCUT2D eigenvalue weighted by atomic mass is 9.95. The van der Waals surface area contributed by atoms with E-state index < -0.39 is 0 Å². The maximum absolute atomic E-state index is 11.3. The molecule has 2 unspecified atom stereocenters. The van der Waals surface area contributed by atoms with E-state index in [2.05, 4.69) is 0 Å². The van der Waals surface area contributed by atoms with Crippen molar-refractivity contribution >= 4 is 5.91 Å². The van der Waals surface area contributed by atoms with Gasteiger partial charge < -0.3 is 10.0 Å². The van der Waals surface area contributed by atoms with E-state index in [4.69, 9.17) is 0 Å². The van der Waals surface area contributed by atoms with E-state index in [1.807, 2.05) is 17.0 Å². The van der Waals surface area contributed by atoms with Gasteiger partial charge in [-0.25, -0.2) is 0 Å². The number of carbonyl (C=O) groups excluding carboxylic acids is 1. The van der Waals surface area contributed by atoms with E-state index in [-0.39, 0.29) is 11.3 Å². The van der Waals surface area contributed by atoms with Gasteiger partial charge in [0.2, 0.25) is 5.91 Å². The minimum Gasteiger partial charge on any atom is -0.508 e. The zero-order valence-corrected chi connectivity index (χ0v) is 9.31. The normalized spacial score (nSPS) is 31.3. The van der Waals surface area contributed by atoms with Crippen LogP contribution in [0.1, 0.15) is 18.9 Å². The highest BCUT2D eigenvalue weighted by atomic mass is 16.3. The van der Waals surface area contributed by atoms with Crippen molar-refractivity contribution in [1.29, 1.82) is 0 Å². The van der Waals surface area contributed by atoms with Gasteiger partial charge in [0, 0.05) is 25.4 Å². The zero-order chi connectivity index (χ0) is 11.3. The molecular formula is C13H15NO2. The van der Waals surface area contributed by atoms with Crippen LogP contribution in [-0.2, 0) is 10.2 Å². The van der Waals surface area contributed by atoms with Crippen LogP contribution in [0.3, 0.4) is 0 Å². The number of hydrogen-bond acceptors (Lipinski definition) is 2. The number of amides is 1. The summed E-state index contributed by atoms with van der Waals surface area (Å²) in [5, 5.41) is 9.27. The molecule has 3 rings (SSSR count). The fourth-order valence-electron chi connectivity index (χ4n) is 2.96. The molecule has 1 heterocycles. The Hall–Kier alpha value is -1.51. The van der Waals surface area contributed by atoms with Crippen LogP contribution in [0.25, 0.3) is 0 Å². The first kappa shape index (κ1) is 9.70. The zero-order valence-electron chi connectivity index (χ0n) is 9.31. The fourth-order valence-corrected chi connectivity index (χ4v) is 2.96. The van der Waals surface area contributed by atoms with Gasteiger partial charge in [-0.15, -0.1) is 0 Å². The highest BCUT2D eigenvalue weighted by Crippen LogP contribution is 2.59. The molecule has 1 saturated carbocycles. The molecule has 2 fully saturated rings. The molecular weight excluding hydrogens is 202 g/mol. The molecule has 3 heteroatoms. The molecule has 1 N–H and O–H groups in total. The van der Waals surface area contributed by atoms with Crippen LogP contribution in [0.4, 0.5) is 0 Å². The standard InChI is InChI=1S/C13H15NO2/c1-9(15)14-7-11-6-13(11,8-14)10-2-4-12(16)5-3-10/h2-5,11,16H,6-8H2,1H3. The summed E-state index contributed by atoms with van der Waals surface area (Å²) in [7, 11) is 0. The molecule has 1 aromatic carbocycles. The average molecular weight is 217 g/mol. The maximum Gasteiger partial charge on any atom is 0.219 e. The van der Waals surface area contributed by atoms with E-state index in [9.17, 15) is 9.90 Å². The van der Waals surface area contributed by atoms with Gasteiger partial charge in [0.05, 0.1) is 0 Å². The Labute approximate surface area is 94.7 Å². The van der Waals surface area contributed by atoms with Gasteiger partial charge in [-0.1, -0.05) is 12.1 Å². The molecule has 84 valence electrons. The van der Waals surface area contributed by atoms with Crippen LogP contribution in [0, 0.1) is 5.92 Å². The van der Waals surface area contributed by atoms with Gasteiger partial charge in [-0.05, 0) is 30.0 Å². The average Bonchev–Trinajstić information content (AvgIpc) is 2.82. The number of piperidine rings is 1. The second kappa shape index (κ2) is 3.00. The Kier molecular flexibility index (Phi) is 1.82. The lowest BCUT2D eigenvalue weighted by Crippen LogP contribution is -2.30. The third kappa shape index (κ3) is 1.24. The summed E-state index contributed by atoms with van der Waals surface area (Å²) in [6, 6.07) is 7.43. The van der Waals surface area contributed by atoms with Crippen LogP contribution < -0.4 is 0 Å². The molecule has 3 nitrogen and oxygen atoms in total. The lowest BCUT2D eigenvalue weighted by Gasteiger charge is -2.19. The predicted octanol–water partition coefficient (Wildman–Crippen LogP) is 1.51. The van der Waals surface area contributed by atoms with Crippen molar-refractivity contribution in [1.82, 2.24) is 4.90 Å². The molecule has 0 spiro atoms. The van der Waals surface area contributed by atoms with Crippen LogP contribution >= 0.6 is 0 Å². The van der Waals surface area contributed by atoms with Crippen LogP contribution in [0.5, 0.6) is 5.75 Å². The fraction of sp³-hybridized carbons (Fsp3) is 0.462. The number of fused-ring (bicyclic) bond motifs is 1. The summed E-state index contributed by atoms with van der Waals surface area (Å²) in [4.78, 5) is 13.3. The van der Waals surface area contributed by atoms with Gasteiger partial charge in [-0.2, -0.15) is 0 Å². The number of carbonyl (C=O) groups is 1. The first-order chi connectivity index (χ1) is 7.62. The van der Waals surface area contributed by atoms with E-state index in [0.717, 1.165) is 13.1 Å². The lowest BCUT2D eigenvalue weighted by molar-refractivity contribution is -0.128. The Bertz CT molecular complexity index is 440. The molecule has 1 aliphatic carbocycles. The van der Waals surface area contributed by atoms with Crippen molar-refractivity contribution < 1.29 is 9.90 Å². The minimum absolute atomic E-state index is 0.172. The number of hydrogen-bond donors (Lipinski definition) is 1. The number of aromatic hydroxyl groups is 1. The van der Waals surface area contributed by atoms with Gasteiger partial charge >= 0.3 is 0 Å². The number of benzene rings is 1. The molecule has 0 radical (unpaired) electrons. The Morgan fingerprint density at radius 1 is 1.44 bits per heavy atom. The second-order valence-corrected chi connectivity index (χ2v) is 5.00. The third-order valence-electron chi connectivity index (χ3n) is 4.03. The highest BCUT2D eigenvalue weighted by Gasteiger charge is 2.61. The minimum atomic E-state index is 0.172. The molecule has 0 aromatic heterocycles. The number of rotatable bonds is 1. The topological polar surface area (TPSA) is 40.5 Å². The van der Waals surface area contributed by atoms with E-state index in [0.29, 0.717) is 11.7 Å². The molecule has 0 bridgehead atoms. The number of likely N-dealkylation sites (tertiary alicyclic amines) is 1. The van der Waals surface area contributed by atoms with Crippen molar-refractivity contribution in [2.75, 3.05) is 13.1 Å². The smallest absolute Gasteiger partial charge is 0.219 e.